The van der Waals surface area contributed by atoms with Crippen LogP contribution in [-0.4, -0.2) is 56.2 Å². The normalized spacial score (nSPS) is 33.5. The molecule has 1 heterocycles. The molecule has 0 aromatic rings. The number of methoxy groups -OCH3 is 1. The highest BCUT2D eigenvalue weighted by atomic mass is 19.4. The molecule has 0 unspecified atom stereocenters. The lowest BCUT2D eigenvalue weighted by Crippen LogP contribution is -2.72. The van der Waals surface area contributed by atoms with Gasteiger partial charge in [-0.1, -0.05) is 6.92 Å². The van der Waals surface area contributed by atoms with E-state index in [9.17, 15) is 13.2 Å². The van der Waals surface area contributed by atoms with Crippen LogP contribution < -0.4 is 0 Å². The van der Waals surface area contributed by atoms with Gasteiger partial charge in [-0.2, -0.15) is 13.2 Å². The lowest BCUT2D eigenvalue weighted by molar-refractivity contribution is -0.316. The fourth-order valence-corrected chi connectivity index (χ4v) is 3.56. The van der Waals surface area contributed by atoms with E-state index in [4.69, 9.17) is 4.74 Å². The standard InChI is InChI=1S/C15H25F3N2O/c1-13(8-9-19-2)6-4-12(5-7-13)20-10-14(11-20,21-3)15(16,17)18/h12H,2,4-11H2,1,3H3. The zero-order chi connectivity index (χ0) is 15.7. The second-order valence-electron chi connectivity index (χ2n) is 6.84. The summed E-state index contributed by atoms with van der Waals surface area (Å²) in [7, 11) is 1.16. The zero-order valence-electron chi connectivity index (χ0n) is 12.9. The Kier molecular flexibility index (Phi) is 4.69. The van der Waals surface area contributed by atoms with Crippen LogP contribution in [0.5, 0.6) is 0 Å². The Balaban J connectivity index is 1.84. The van der Waals surface area contributed by atoms with Gasteiger partial charge in [-0.25, -0.2) is 0 Å². The van der Waals surface area contributed by atoms with Gasteiger partial charge in [0.25, 0.3) is 0 Å². The summed E-state index contributed by atoms with van der Waals surface area (Å²) in [5.74, 6) is 0. The summed E-state index contributed by atoms with van der Waals surface area (Å²) >= 11 is 0. The minimum atomic E-state index is -4.28. The first-order valence-corrected chi connectivity index (χ1v) is 7.54. The van der Waals surface area contributed by atoms with Crippen LogP contribution in [0.15, 0.2) is 4.99 Å². The highest BCUT2D eigenvalue weighted by molar-refractivity contribution is 5.23. The Morgan fingerprint density at radius 2 is 1.86 bits per heavy atom. The third-order valence-corrected chi connectivity index (χ3v) is 5.38. The van der Waals surface area contributed by atoms with E-state index in [1.165, 1.54) is 0 Å². The third-order valence-electron chi connectivity index (χ3n) is 5.38. The van der Waals surface area contributed by atoms with E-state index in [-0.39, 0.29) is 24.5 Å². The molecule has 1 saturated heterocycles. The highest BCUT2D eigenvalue weighted by Gasteiger charge is 2.63. The molecule has 2 fully saturated rings. The fourth-order valence-electron chi connectivity index (χ4n) is 3.56. The van der Waals surface area contributed by atoms with Crippen LogP contribution in [0.1, 0.15) is 39.0 Å². The molecular weight excluding hydrogens is 281 g/mol. The largest absolute Gasteiger partial charge is 0.419 e. The number of nitrogens with zero attached hydrogens (tertiary/aromatic N) is 2. The van der Waals surface area contributed by atoms with Crippen LogP contribution in [0.2, 0.25) is 0 Å². The smallest absolute Gasteiger partial charge is 0.366 e. The summed E-state index contributed by atoms with van der Waals surface area (Å²) in [5.41, 5.74) is -1.68. The van der Waals surface area contributed by atoms with Crippen molar-refractivity contribution in [2.45, 2.75) is 56.8 Å². The number of ether oxygens (including phenoxy) is 1. The third kappa shape index (κ3) is 3.26. The predicted molar refractivity (Wildman–Crippen MR) is 76.8 cm³/mol. The quantitative estimate of drug-likeness (QED) is 0.728. The van der Waals surface area contributed by atoms with E-state index in [1.807, 2.05) is 4.90 Å². The fraction of sp³-hybridized carbons (Fsp3) is 0.933. The number of alkyl halides is 3. The van der Waals surface area contributed by atoms with Gasteiger partial charge in [-0.15, -0.1) is 0 Å². The first-order chi connectivity index (χ1) is 9.75. The molecule has 1 aliphatic heterocycles. The summed E-state index contributed by atoms with van der Waals surface area (Å²) in [6, 6.07) is 0.264. The maximum absolute atomic E-state index is 13.0. The van der Waals surface area contributed by atoms with Crippen molar-refractivity contribution in [3.63, 3.8) is 0 Å². The van der Waals surface area contributed by atoms with Crippen molar-refractivity contribution in [3.05, 3.63) is 0 Å². The molecule has 0 atom stereocenters. The molecule has 21 heavy (non-hydrogen) atoms. The van der Waals surface area contributed by atoms with Crippen LogP contribution >= 0.6 is 0 Å². The van der Waals surface area contributed by atoms with E-state index in [0.29, 0.717) is 0 Å². The van der Waals surface area contributed by atoms with Gasteiger partial charge < -0.3 is 9.73 Å². The lowest BCUT2D eigenvalue weighted by atomic mass is 9.71. The van der Waals surface area contributed by atoms with E-state index >= 15 is 0 Å². The number of hydrogen-bond acceptors (Lipinski definition) is 3. The van der Waals surface area contributed by atoms with Crippen LogP contribution in [0.25, 0.3) is 0 Å². The summed E-state index contributed by atoms with van der Waals surface area (Å²) < 4.78 is 43.7. The van der Waals surface area contributed by atoms with Gasteiger partial charge in [0, 0.05) is 32.8 Å². The van der Waals surface area contributed by atoms with Crippen molar-refractivity contribution >= 4 is 6.72 Å². The van der Waals surface area contributed by atoms with Crippen LogP contribution in [0, 0.1) is 5.41 Å². The number of rotatable bonds is 5. The average Bonchev–Trinajstić information content (AvgIpc) is 2.36. The predicted octanol–water partition coefficient (Wildman–Crippen LogP) is 3.29. The molecule has 0 spiro atoms. The molecule has 122 valence electrons. The minimum Gasteiger partial charge on any atom is -0.366 e. The van der Waals surface area contributed by atoms with E-state index in [1.54, 1.807) is 0 Å². The zero-order valence-corrected chi connectivity index (χ0v) is 12.9. The summed E-state index contributed by atoms with van der Waals surface area (Å²) in [6.07, 6.45) is 0.771. The van der Waals surface area contributed by atoms with Gasteiger partial charge in [0.2, 0.25) is 0 Å². The molecular formula is C15H25F3N2O. The van der Waals surface area contributed by atoms with Crippen molar-refractivity contribution in [1.29, 1.82) is 0 Å². The van der Waals surface area contributed by atoms with E-state index in [0.717, 1.165) is 45.8 Å². The van der Waals surface area contributed by atoms with Gasteiger partial charge in [0.15, 0.2) is 5.60 Å². The summed E-state index contributed by atoms with van der Waals surface area (Å²) in [5, 5.41) is 0. The van der Waals surface area contributed by atoms with E-state index in [2.05, 4.69) is 18.6 Å². The second-order valence-corrected chi connectivity index (χ2v) is 6.84. The molecule has 6 heteroatoms. The molecule has 2 rings (SSSR count). The molecule has 1 aliphatic carbocycles. The number of aliphatic imine (C=N–C) groups is 1. The average molecular weight is 306 g/mol. The van der Waals surface area contributed by atoms with Gasteiger partial charge in [-0.05, 0) is 44.2 Å². The Morgan fingerprint density at radius 3 is 2.29 bits per heavy atom. The van der Waals surface area contributed by atoms with Gasteiger partial charge >= 0.3 is 6.18 Å². The Labute approximate surface area is 124 Å². The van der Waals surface area contributed by atoms with Crippen molar-refractivity contribution in [3.8, 4) is 0 Å². The molecule has 1 saturated carbocycles. The van der Waals surface area contributed by atoms with Crippen LogP contribution in [-0.2, 0) is 4.74 Å². The van der Waals surface area contributed by atoms with Crippen molar-refractivity contribution < 1.29 is 17.9 Å². The first kappa shape index (κ1) is 16.7. The van der Waals surface area contributed by atoms with Crippen molar-refractivity contribution in [2.75, 3.05) is 26.7 Å². The Morgan fingerprint density at radius 1 is 1.29 bits per heavy atom. The van der Waals surface area contributed by atoms with Crippen molar-refractivity contribution in [1.82, 2.24) is 4.90 Å². The summed E-state index contributed by atoms with van der Waals surface area (Å²) in [4.78, 5) is 5.84. The Hall–Kier alpha value is -0.620. The SMILES string of the molecule is C=NCCC1(C)CCC(N2CC(OC)(C(F)(F)F)C2)CC1. The molecule has 0 amide bonds. The molecule has 0 bridgehead atoms. The monoisotopic (exact) mass is 306 g/mol. The molecule has 2 aliphatic rings. The first-order valence-electron chi connectivity index (χ1n) is 7.54. The highest BCUT2D eigenvalue weighted by Crippen LogP contribution is 2.46. The van der Waals surface area contributed by atoms with Crippen molar-refractivity contribution in [2.24, 2.45) is 10.4 Å². The number of hydrogen-bond donors (Lipinski definition) is 0. The lowest BCUT2D eigenvalue weighted by Gasteiger charge is -2.54. The second kappa shape index (κ2) is 5.88. The topological polar surface area (TPSA) is 24.8 Å². The van der Waals surface area contributed by atoms with Gasteiger partial charge in [0.1, 0.15) is 0 Å². The maximum atomic E-state index is 13.0. The van der Waals surface area contributed by atoms with E-state index < -0.39 is 11.8 Å². The van der Waals surface area contributed by atoms with Crippen LogP contribution in [0.3, 0.4) is 0 Å². The Bertz CT molecular complexity index is 370. The molecule has 0 radical (unpaired) electrons. The molecule has 0 aromatic carbocycles. The number of likely N-dealkylation sites (tertiary alicyclic amines) is 1. The molecule has 0 aromatic heterocycles. The molecule has 3 nitrogen and oxygen atoms in total. The minimum absolute atomic E-state index is 0.0252. The van der Waals surface area contributed by atoms with Gasteiger partial charge in [-0.3, -0.25) is 4.90 Å². The maximum Gasteiger partial charge on any atom is 0.419 e. The molecule has 0 N–H and O–H groups in total. The van der Waals surface area contributed by atoms with Gasteiger partial charge in [0.05, 0.1) is 0 Å². The summed E-state index contributed by atoms with van der Waals surface area (Å²) in [6.45, 7) is 6.48. The number of halogens is 3. The van der Waals surface area contributed by atoms with Crippen LogP contribution in [0.4, 0.5) is 13.2 Å².